The maximum absolute atomic E-state index is 4.17. The minimum Gasteiger partial charge on any atom is -0.293 e. The zero-order valence-electron chi connectivity index (χ0n) is 10.1. The first kappa shape index (κ1) is 11.1. The molecule has 0 amide bonds. The molecule has 5 heteroatoms. The summed E-state index contributed by atoms with van der Waals surface area (Å²) in [6.07, 6.45) is 8.88. The van der Waals surface area contributed by atoms with E-state index >= 15 is 0 Å². The molecule has 3 heterocycles. The van der Waals surface area contributed by atoms with Crippen molar-refractivity contribution < 1.29 is 0 Å². The van der Waals surface area contributed by atoms with E-state index in [0.717, 1.165) is 31.7 Å². The van der Waals surface area contributed by atoms with Crippen molar-refractivity contribution in [2.45, 2.75) is 13.0 Å². The van der Waals surface area contributed by atoms with E-state index in [1.54, 1.807) is 12.4 Å². The molecule has 2 aromatic heterocycles. The van der Waals surface area contributed by atoms with Gasteiger partial charge >= 0.3 is 0 Å². The van der Waals surface area contributed by atoms with Gasteiger partial charge in [-0.25, -0.2) is 0 Å². The number of hydrogen-bond acceptors (Lipinski definition) is 4. The van der Waals surface area contributed by atoms with Gasteiger partial charge in [0.05, 0.1) is 11.9 Å². The number of aromatic nitrogens is 4. The monoisotopic (exact) mass is 241 g/mol. The SMILES string of the molecule is C1=C(c2cccnc2)CN(Cc2cn[nH]n2)CC1. The first-order valence-corrected chi connectivity index (χ1v) is 6.08. The molecule has 0 saturated carbocycles. The third-order valence-electron chi connectivity index (χ3n) is 3.11. The molecule has 0 fully saturated rings. The lowest BCUT2D eigenvalue weighted by atomic mass is 10.0. The summed E-state index contributed by atoms with van der Waals surface area (Å²) in [6.45, 7) is 2.85. The van der Waals surface area contributed by atoms with Crippen LogP contribution in [0.1, 0.15) is 17.7 Å². The highest BCUT2D eigenvalue weighted by Gasteiger charge is 2.15. The molecular weight excluding hydrogens is 226 g/mol. The second-order valence-electron chi connectivity index (χ2n) is 4.43. The lowest BCUT2D eigenvalue weighted by Gasteiger charge is -2.26. The predicted octanol–water partition coefficient (Wildman–Crippen LogP) is 1.49. The first-order chi connectivity index (χ1) is 8.92. The second kappa shape index (κ2) is 5.10. The number of nitrogens with one attached hydrogen (secondary N) is 1. The van der Waals surface area contributed by atoms with Crippen LogP contribution in [0.3, 0.4) is 0 Å². The van der Waals surface area contributed by atoms with Crippen LogP contribution in [0.15, 0.2) is 36.8 Å². The van der Waals surface area contributed by atoms with Crippen molar-refractivity contribution in [2.24, 2.45) is 0 Å². The van der Waals surface area contributed by atoms with Crippen LogP contribution in [0.4, 0.5) is 0 Å². The van der Waals surface area contributed by atoms with Crippen molar-refractivity contribution in [2.75, 3.05) is 13.1 Å². The molecule has 2 aromatic rings. The third kappa shape index (κ3) is 2.46. The van der Waals surface area contributed by atoms with Crippen molar-refractivity contribution in [3.05, 3.63) is 48.1 Å². The number of H-pyrrole nitrogens is 1. The van der Waals surface area contributed by atoms with Crippen molar-refractivity contribution in [3.63, 3.8) is 0 Å². The highest BCUT2D eigenvalue weighted by molar-refractivity contribution is 5.66. The number of hydrogen-bond donors (Lipinski definition) is 1. The van der Waals surface area contributed by atoms with Gasteiger partial charge in [-0.15, -0.1) is 0 Å². The first-order valence-electron chi connectivity index (χ1n) is 6.08. The van der Waals surface area contributed by atoms with Gasteiger partial charge in [0.25, 0.3) is 0 Å². The Labute approximate surface area is 106 Å². The van der Waals surface area contributed by atoms with Crippen LogP contribution >= 0.6 is 0 Å². The van der Waals surface area contributed by atoms with Crippen LogP contribution in [0.25, 0.3) is 5.57 Å². The Kier molecular flexibility index (Phi) is 3.14. The van der Waals surface area contributed by atoms with Gasteiger partial charge in [-0.05, 0) is 23.6 Å². The normalized spacial score (nSPS) is 16.6. The maximum atomic E-state index is 4.17. The van der Waals surface area contributed by atoms with Gasteiger partial charge < -0.3 is 0 Å². The zero-order chi connectivity index (χ0) is 12.2. The zero-order valence-corrected chi connectivity index (χ0v) is 10.1. The molecular formula is C13H15N5. The van der Waals surface area contributed by atoms with Gasteiger partial charge in [-0.3, -0.25) is 9.88 Å². The summed E-state index contributed by atoms with van der Waals surface area (Å²) in [5.41, 5.74) is 3.54. The average Bonchev–Trinajstić information content (AvgIpc) is 2.93. The van der Waals surface area contributed by atoms with E-state index in [4.69, 9.17) is 0 Å². The molecule has 0 aromatic carbocycles. The van der Waals surface area contributed by atoms with Crippen molar-refractivity contribution in [1.82, 2.24) is 25.3 Å². The molecule has 3 rings (SSSR count). The van der Waals surface area contributed by atoms with Gasteiger partial charge in [0.15, 0.2) is 0 Å². The third-order valence-corrected chi connectivity index (χ3v) is 3.11. The Hall–Kier alpha value is -2.01. The summed E-state index contributed by atoms with van der Waals surface area (Å²) < 4.78 is 0. The lowest BCUT2D eigenvalue weighted by Crippen LogP contribution is -2.29. The Bertz CT molecular complexity index is 518. The van der Waals surface area contributed by atoms with Crippen LogP contribution in [0.5, 0.6) is 0 Å². The standard InChI is InChI=1S/C13H15N5/c1-3-11(7-14-5-1)12-4-2-6-18(9-12)10-13-8-15-17-16-13/h1,3-5,7-8H,2,6,9-10H2,(H,15,16,17). The molecule has 0 saturated heterocycles. The minimum absolute atomic E-state index is 0.841. The molecule has 1 N–H and O–H groups in total. The van der Waals surface area contributed by atoms with Gasteiger partial charge in [-0.2, -0.15) is 15.4 Å². The quantitative estimate of drug-likeness (QED) is 0.884. The van der Waals surface area contributed by atoms with Gasteiger partial charge in [0.2, 0.25) is 0 Å². The highest BCUT2D eigenvalue weighted by atomic mass is 15.3. The molecule has 0 unspecified atom stereocenters. The van der Waals surface area contributed by atoms with Crippen molar-refractivity contribution >= 4 is 5.57 Å². The van der Waals surface area contributed by atoms with Crippen LogP contribution in [0.2, 0.25) is 0 Å². The minimum atomic E-state index is 0.841. The summed E-state index contributed by atoms with van der Waals surface area (Å²) in [7, 11) is 0. The van der Waals surface area contributed by atoms with Crippen LogP contribution < -0.4 is 0 Å². The summed E-state index contributed by atoms with van der Waals surface area (Å²) in [6, 6.07) is 4.09. The van der Waals surface area contributed by atoms with Crippen molar-refractivity contribution in [1.29, 1.82) is 0 Å². The van der Waals surface area contributed by atoms with Gasteiger partial charge in [0, 0.05) is 32.0 Å². The topological polar surface area (TPSA) is 57.7 Å². The molecule has 92 valence electrons. The number of nitrogens with zero attached hydrogens (tertiary/aromatic N) is 4. The summed E-state index contributed by atoms with van der Waals surface area (Å²) >= 11 is 0. The van der Waals surface area contributed by atoms with E-state index in [1.807, 2.05) is 12.3 Å². The van der Waals surface area contributed by atoms with E-state index < -0.39 is 0 Å². The summed E-state index contributed by atoms with van der Waals surface area (Å²) in [5, 5.41) is 10.6. The molecule has 18 heavy (non-hydrogen) atoms. The summed E-state index contributed by atoms with van der Waals surface area (Å²) in [4.78, 5) is 6.55. The molecule has 0 atom stereocenters. The van der Waals surface area contributed by atoms with Crippen LogP contribution in [0, 0.1) is 0 Å². The van der Waals surface area contributed by atoms with Crippen LogP contribution in [-0.4, -0.2) is 38.4 Å². The molecule has 0 spiro atoms. The highest BCUT2D eigenvalue weighted by Crippen LogP contribution is 2.20. The number of pyridine rings is 1. The van der Waals surface area contributed by atoms with Gasteiger partial charge in [0.1, 0.15) is 0 Å². The second-order valence-corrected chi connectivity index (χ2v) is 4.43. The molecule has 0 radical (unpaired) electrons. The Morgan fingerprint density at radius 2 is 2.33 bits per heavy atom. The van der Waals surface area contributed by atoms with Gasteiger partial charge in [-0.1, -0.05) is 12.1 Å². The Morgan fingerprint density at radius 3 is 3.11 bits per heavy atom. The Morgan fingerprint density at radius 1 is 1.33 bits per heavy atom. The summed E-state index contributed by atoms with van der Waals surface area (Å²) in [5.74, 6) is 0. The van der Waals surface area contributed by atoms with E-state index in [0.29, 0.717) is 0 Å². The fourth-order valence-electron chi connectivity index (χ4n) is 2.23. The lowest BCUT2D eigenvalue weighted by molar-refractivity contribution is 0.293. The molecule has 5 nitrogen and oxygen atoms in total. The number of aromatic amines is 1. The predicted molar refractivity (Wildman–Crippen MR) is 68.5 cm³/mol. The molecule has 1 aliphatic rings. The van der Waals surface area contributed by atoms with E-state index in [9.17, 15) is 0 Å². The van der Waals surface area contributed by atoms with Crippen LogP contribution in [-0.2, 0) is 6.54 Å². The van der Waals surface area contributed by atoms with Crippen molar-refractivity contribution in [3.8, 4) is 0 Å². The molecule has 0 bridgehead atoms. The van der Waals surface area contributed by atoms with E-state index in [1.165, 1.54) is 11.1 Å². The van der Waals surface area contributed by atoms with E-state index in [2.05, 4.69) is 37.4 Å². The number of rotatable bonds is 3. The fourth-order valence-corrected chi connectivity index (χ4v) is 2.23. The Balaban J connectivity index is 1.70. The largest absolute Gasteiger partial charge is 0.293 e. The fraction of sp³-hybridized carbons (Fsp3) is 0.308. The molecule has 0 aliphatic carbocycles. The maximum Gasteiger partial charge on any atom is 0.0964 e. The molecule has 1 aliphatic heterocycles. The average molecular weight is 241 g/mol. The smallest absolute Gasteiger partial charge is 0.0964 e. The van der Waals surface area contributed by atoms with E-state index in [-0.39, 0.29) is 0 Å².